The van der Waals surface area contributed by atoms with Gasteiger partial charge in [-0.2, -0.15) is 0 Å². The zero-order valence-corrected chi connectivity index (χ0v) is 28.6. The van der Waals surface area contributed by atoms with Gasteiger partial charge < -0.3 is 44.0 Å². The number of benzene rings is 2. The summed E-state index contributed by atoms with van der Waals surface area (Å²) >= 11 is 0. The molecular weight excluding hydrogens is 598 g/mol. The summed E-state index contributed by atoms with van der Waals surface area (Å²) in [6, 6.07) is 15.0. The van der Waals surface area contributed by atoms with Crippen molar-refractivity contribution >= 4 is 11.6 Å². The smallest absolute Gasteiger partial charge is 0.252 e. The molecular formula is C37H55N3O7. The molecule has 0 spiro atoms. The van der Waals surface area contributed by atoms with Gasteiger partial charge in [0.25, 0.3) is 5.91 Å². The van der Waals surface area contributed by atoms with E-state index >= 15 is 0 Å². The second-order valence-corrected chi connectivity index (χ2v) is 13.0. The van der Waals surface area contributed by atoms with Crippen LogP contribution >= 0.6 is 0 Å². The highest BCUT2D eigenvalue weighted by atomic mass is 16.5. The summed E-state index contributed by atoms with van der Waals surface area (Å²) in [6.07, 6.45) is 5.63. The molecule has 1 amide bonds. The van der Waals surface area contributed by atoms with Crippen LogP contribution in [0.5, 0.6) is 5.75 Å². The van der Waals surface area contributed by atoms with Gasteiger partial charge in [-0.1, -0.05) is 49.6 Å². The van der Waals surface area contributed by atoms with Crippen molar-refractivity contribution < 1.29 is 33.2 Å². The lowest BCUT2D eigenvalue weighted by atomic mass is 9.78. The molecule has 10 heteroatoms. The number of hydrogen-bond donors (Lipinski definition) is 2. The Balaban J connectivity index is 1.30. The number of methoxy groups -OCH3 is 3. The van der Waals surface area contributed by atoms with Crippen molar-refractivity contribution in [2.45, 2.75) is 69.4 Å². The lowest BCUT2D eigenvalue weighted by Crippen LogP contribution is -2.54. The molecule has 3 aliphatic rings. The van der Waals surface area contributed by atoms with Gasteiger partial charge in [0.15, 0.2) is 0 Å². The summed E-state index contributed by atoms with van der Waals surface area (Å²) in [7, 11) is 5.10. The maximum absolute atomic E-state index is 13.5. The predicted octanol–water partition coefficient (Wildman–Crippen LogP) is 4.44. The van der Waals surface area contributed by atoms with E-state index in [1.807, 2.05) is 0 Å². The van der Waals surface area contributed by atoms with Crippen LogP contribution < -0.4 is 20.3 Å². The zero-order chi connectivity index (χ0) is 32.9. The van der Waals surface area contributed by atoms with Crippen molar-refractivity contribution in [1.82, 2.24) is 10.6 Å². The van der Waals surface area contributed by atoms with Crippen molar-refractivity contribution in [2.24, 2.45) is 5.92 Å². The molecule has 1 aliphatic carbocycles. The summed E-state index contributed by atoms with van der Waals surface area (Å²) in [6.45, 7) is 7.45. The Morgan fingerprint density at radius 2 is 1.74 bits per heavy atom. The molecule has 2 aliphatic heterocycles. The standard InChI is InChI=1S/C37H55N3O7/c1-42-18-7-16-40-17-19-46-33-13-10-29(22-32(33)40)27-47-34-25-38-23-31(24-39-36(41)37(44-3)14-5-4-6-15-37)35(34)30-11-8-28(9-12-30)26-45-21-20-43-2/h8-13,22,31,34-35,38H,4-7,14-21,23-27H2,1-3H3,(H,39,41)/t31-,34-,35-/m0/s1. The Kier molecular flexibility index (Phi) is 13.7. The number of amides is 1. The van der Waals surface area contributed by atoms with Gasteiger partial charge in [-0.25, -0.2) is 0 Å². The number of fused-ring (bicyclic) bond motifs is 1. The van der Waals surface area contributed by atoms with Crippen LogP contribution in [0.25, 0.3) is 0 Å². The first-order valence-corrected chi connectivity index (χ1v) is 17.4. The summed E-state index contributed by atoms with van der Waals surface area (Å²) in [5.41, 5.74) is 3.84. The van der Waals surface area contributed by atoms with Crippen molar-refractivity contribution in [3.8, 4) is 5.75 Å². The molecule has 0 aromatic heterocycles. The van der Waals surface area contributed by atoms with Crippen LogP contribution in [0.15, 0.2) is 42.5 Å². The van der Waals surface area contributed by atoms with E-state index in [4.69, 9.17) is 28.4 Å². The summed E-state index contributed by atoms with van der Waals surface area (Å²) in [5.74, 6) is 1.17. The van der Waals surface area contributed by atoms with Crippen LogP contribution in [-0.2, 0) is 41.7 Å². The third-order valence-corrected chi connectivity index (χ3v) is 9.94. The van der Waals surface area contributed by atoms with Gasteiger partial charge in [-0.15, -0.1) is 0 Å². The van der Waals surface area contributed by atoms with E-state index in [1.54, 1.807) is 21.3 Å². The van der Waals surface area contributed by atoms with Gasteiger partial charge >= 0.3 is 0 Å². The Morgan fingerprint density at radius 3 is 2.51 bits per heavy atom. The SMILES string of the molecule is COCCCN1CCOc2ccc(CO[C@H]3CNC[C@@H](CNC(=O)C4(OC)CCCCC4)[C@@H]3c3ccc(COCCOC)cc3)cc21. The van der Waals surface area contributed by atoms with Gasteiger partial charge in [0.05, 0.1) is 44.8 Å². The molecule has 2 N–H and O–H groups in total. The van der Waals surface area contributed by atoms with Gasteiger partial charge in [-0.05, 0) is 54.0 Å². The number of carbonyl (C=O) groups is 1. The van der Waals surface area contributed by atoms with Gasteiger partial charge in [0.1, 0.15) is 18.0 Å². The lowest BCUT2D eigenvalue weighted by Gasteiger charge is -2.40. The largest absolute Gasteiger partial charge is 0.490 e. The molecule has 1 saturated carbocycles. The average molecular weight is 654 g/mol. The lowest BCUT2D eigenvalue weighted by molar-refractivity contribution is -0.147. The van der Waals surface area contributed by atoms with Gasteiger partial charge in [0.2, 0.25) is 0 Å². The molecule has 0 bridgehead atoms. The number of nitrogens with zero attached hydrogens (tertiary/aromatic N) is 1. The average Bonchev–Trinajstić information content (AvgIpc) is 3.12. The minimum absolute atomic E-state index is 0.0105. The van der Waals surface area contributed by atoms with E-state index in [-0.39, 0.29) is 23.8 Å². The summed E-state index contributed by atoms with van der Waals surface area (Å²) < 4.78 is 34.7. The van der Waals surface area contributed by atoms with E-state index in [1.165, 1.54) is 5.56 Å². The van der Waals surface area contributed by atoms with E-state index in [0.29, 0.717) is 39.6 Å². The van der Waals surface area contributed by atoms with Crippen molar-refractivity contribution in [3.63, 3.8) is 0 Å². The molecule has 0 unspecified atom stereocenters. The van der Waals surface area contributed by atoms with Crippen molar-refractivity contribution in [2.75, 3.05) is 85.4 Å². The molecule has 2 heterocycles. The third kappa shape index (κ3) is 9.46. The number of anilines is 1. The zero-order valence-electron chi connectivity index (χ0n) is 28.6. The molecule has 2 aromatic carbocycles. The Morgan fingerprint density at radius 1 is 0.957 bits per heavy atom. The maximum atomic E-state index is 13.5. The molecule has 2 fully saturated rings. The van der Waals surface area contributed by atoms with Crippen LogP contribution in [0, 0.1) is 5.92 Å². The highest BCUT2D eigenvalue weighted by Gasteiger charge is 2.41. The fourth-order valence-electron chi connectivity index (χ4n) is 7.26. The maximum Gasteiger partial charge on any atom is 0.252 e. The van der Waals surface area contributed by atoms with E-state index in [0.717, 1.165) is 93.9 Å². The highest BCUT2D eigenvalue weighted by Crippen LogP contribution is 2.36. The second-order valence-electron chi connectivity index (χ2n) is 13.0. The first-order chi connectivity index (χ1) is 23.1. The second kappa shape index (κ2) is 18.1. The number of piperidine rings is 1. The van der Waals surface area contributed by atoms with E-state index in [9.17, 15) is 4.79 Å². The monoisotopic (exact) mass is 653 g/mol. The van der Waals surface area contributed by atoms with Crippen LogP contribution in [0.2, 0.25) is 0 Å². The molecule has 0 radical (unpaired) electrons. The number of carbonyl (C=O) groups excluding carboxylic acids is 1. The van der Waals surface area contributed by atoms with Crippen LogP contribution in [0.1, 0.15) is 61.1 Å². The number of rotatable bonds is 17. The molecule has 5 rings (SSSR count). The van der Waals surface area contributed by atoms with Crippen LogP contribution in [0.4, 0.5) is 5.69 Å². The van der Waals surface area contributed by atoms with Gasteiger partial charge in [0, 0.05) is 60.0 Å². The third-order valence-electron chi connectivity index (χ3n) is 9.94. The van der Waals surface area contributed by atoms with Crippen LogP contribution in [0.3, 0.4) is 0 Å². The number of hydrogen-bond acceptors (Lipinski definition) is 9. The Labute approximate surface area is 280 Å². The molecule has 1 saturated heterocycles. The van der Waals surface area contributed by atoms with E-state index in [2.05, 4.69) is 58.0 Å². The van der Waals surface area contributed by atoms with E-state index < -0.39 is 5.60 Å². The molecule has 10 nitrogen and oxygen atoms in total. The fraction of sp³-hybridized carbons (Fsp3) is 0.649. The molecule has 47 heavy (non-hydrogen) atoms. The van der Waals surface area contributed by atoms with Crippen LogP contribution in [-0.4, -0.2) is 98.1 Å². The Bertz CT molecular complexity index is 1240. The molecule has 260 valence electrons. The molecule has 3 atom stereocenters. The number of ether oxygens (including phenoxy) is 6. The number of nitrogens with one attached hydrogen (secondary N) is 2. The summed E-state index contributed by atoms with van der Waals surface area (Å²) in [4.78, 5) is 15.9. The van der Waals surface area contributed by atoms with Gasteiger partial charge in [-0.3, -0.25) is 4.79 Å². The minimum Gasteiger partial charge on any atom is -0.490 e. The van der Waals surface area contributed by atoms with Crippen molar-refractivity contribution in [1.29, 1.82) is 0 Å². The quantitative estimate of drug-likeness (QED) is 0.240. The fourth-order valence-corrected chi connectivity index (χ4v) is 7.26. The molecule has 2 aromatic rings. The normalized spacial score (nSPS) is 22.4. The minimum atomic E-state index is -0.718. The highest BCUT2D eigenvalue weighted by molar-refractivity contribution is 5.85. The first-order valence-electron chi connectivity index (χ1n) is 17.4. The topological polar surface area (TPSA) is 99.8 Å². The predicted molar refractivity (Wildman–Crippen MR) is 182 cm³/mol. The van der Waals surface area contributed by atoms with Crippen molar-refractivity contribution in [3.05, 3.63) is 59.2 Å². The summed E-state index contributed by atoms with van der Waals surface area (Å²) in [5, 5.41) is 6.90. The first kappa shape index (κ1) is 35.6. The Hall–Kier alpha value is -2.73.